The van der Waals surface area contributed by atoms with E-state index in [-0.39, 0.29) is 0 Å². The van der Waals surface area contributed by atoms with Gasteiger partial charge in [0.15, 0.2) is 0 Å². The SMILES string of the molecule is CCCc1cccc2nc3ccccc3nc12. The van der Waals surface area contributed by atoms with Crippen molar-refractivity contribution in [3.8, 4) is 0 Å². The molecule has 0 aliphatic carbocycles. The number of aryl methyl sites for hydroxylation is 1. The highest BCUT2D eigenvalue weighted by Gasteiger charge is 2.04. The average Bonchev–Trinajstić information content (AvgIpc) is 2.37. The summed E-state index contributed by atoms with van der Waals surface area (Å²) in [5, 5.41) is 0. The van der Waals surface area contributed by atoms with Gasteiger partial charge in [-0.25, -0.2) is 9.97 Å². The zero-order chi connectivity index (χ0) is 11.7. The van der Waals surface area contributed by atoms with Gasteiger partial charge < -0.3 is 0 Å². The van der Waals surface area contributed by atoms with Crippen molar-refractivity contribution < 1.29 is 0 Å². The maximum Gasteiger partial charge on any atom is 0.0926 e. The van der Waals surface area contributed by atoms with Gasteiger partial charge in [0.2, 0.25) is 0 Å². The summed E-state index contributed by atoms with van der Waals surface area (Å²) in [6, 6.07) is 14.3. The topological polar surface area (TPSA) is 25.8 Å². The summed E-state index contributed by atoms with van der Waals surface area (Å²) in [5.74, 6) is 0. The Morgan fingerprint density at radius 3 is 2.29 bits per heavy atom. The first-order valence-corrected chi connectivity index (χ1v) is 6.03. The fourth-order valence-electron chi connectivity index (χ4n) is 2.17. The summed E-state index contributed by atoms with van der Waals surface area (Å²) in [4.78, 5) is 9.39. The van der Waals surface area contributed by atoms with Gasteiger partial charge in [-0.1, -0.05) is 37.6 Å². The highest BCUT2D eigenvalue weighted by atomic mass is 14.8. The summed E-state index contributed by atoms with van der Waals surface area (Å²) in [5.41, 5.74) is 5.28. The first-order valence-electron chi connectivity index (χ1n) is 6.03. The van der Waals surface area contributed by atoms with E-state index in [1.807, 2.05) is 30.3 Å². The van der Waals surface area contributed by atoms with Crippen molar-refractivity contribution in [2.45, 2.75) is 19.8 Å². The molecule has 1 aromatic heterocycles. The second-order valence-corrected chi connectivity index (χ2v) is 4.25. The van der Waals surface area contributed by atoms with Crippen LogP contribution in [0.3, 0.4) is 0 Å². The third kappa shape index (κ3) is 1.76. The summed E-state index contributed by atoms with van der Waals surface area (Å²) in [6.07, 6.45) is 2.19. The Balaban J connectivity index is 2.35. The van der Waals surface area contributed by atoms with Crippen LogP contribution in [0.2, 0.25) is 0 Å². The quantitative estimate of drug-likeness (QED) is 0.617. The van der Waals surface area contributed by atoms with Gasteiger partial charge in [-0.2, -0.15) is 0 Å². The van der Waals surface area contributed by atoms with E-state index in [2.05, 4.69) is 24.0 Å². The normalized spacial score (nSPS) is 11.1. The molecule has 0 atom stereocenters. The molecule has 0 aliphatic heterocycles. The molecule has 84 valence electrons. The molecule has 0 bridgehead atoms. The first-order chi connectivity index (χ1) is 8.38. The van der Waals surface area contributed by atoms with Gasteiger partial charge in [0.25, 0.3) is 0 Å². The Morgan fingerprint density at radius 1 is 0.824 bits per heavy atom. The lowest BCUT2D eigenvalue weighted by molar-refractivity contribution is 0.926. The summed E-state index contributed by atoms with van der Waals surface area (Å²) in [7, 11) is 0. The van der Waals surface area contributed by atoms with Crippen LogP contribution >= 0.6 is 0 Å². The maximum absolute atomic E-state index is 4.73. The molecule has 2 heteroatoms. The van der Waals surface area contributed by atoms with E-state index in [0.29, 0.717) is 0 Å². The number of benzene rings is 2. The van der Waals surface area contributed by atoms with Crippen molar-refractivity contribution in [1.29, 1.82) is 0 Å². The molecule has 0 saturated heterocycles. The van der Waals surface area contributed by atoms with Gasteiger partial charge in [0.1, 0.15) is 0 Å². The predicted molar refractivity (Wildman–Crippen MR) is 71.0 cm³/mol. The minimum Gasteiger partial charge on any atom is -0.244 e. The fraction of sp³-hybridized carbons (Fsp3) is 0.200. The van der Waals surface area contributed by atoms with E-state index in [1.165, 1.54) is 5.56 Å². The number of hydrogen-bond donors (Lipinski definition) is 0. The van der Waals surface area contributed by atoms with Crippen molar-refractivity contribution in [2.24, 2.45) is 0 Å². The van der Waals surface area contributed by atoms with Crippen LogP contribution in [0.4, 0.5) is 0 Å². The van der Waals surface area contributed by atoms with Gasteiger partial charge in [0, 0.05) is 0 Å². The smallest absolute Gasteiger partial charge is 0.0926 e. The van der Waals surface area contributed by atoms with Crippen LogP contribution in [0.15, 0.2) is 42.5 Å². The molecule has 0 spiro atoms. The molecule has 3 aromatic rings. The Kier molecular flexibility index (Phi) is 2.48. The number of nitrogens with zero attached hydrogens (tertiary/aromatic N) is 2. The van der Waals surface area contributed by atoms with Crippen molar-refractivity contribution >= 4 is 22.1 Å². The van der Waals surface area contributed by atoms with Crippen molar-refractivity contribution in [3.63, 3.8) is 0 Å². The van der Waals surface area contributed by atoms with Crippen molar-refractivity contribution in [2.75, 3.05) is 0 Å². The van der Waals surface area contributed by atoms with Crippen molar-refractivity contribution in [1.82, 2.24) is 9.97 Å². The van der Waals surface area contributed by atoms with Crippen LogP contribution in [-0.2, 0) is 6.42 Å². The van der Waals surface area contributed by atoms with Gasteiger partial charge in [-0.3, -0.25) is 0 Å². The van der Waals surface area contributed by atoms with E-state index in [1.54, 1.807) is 0 Å². The molecule has 0 radical (unpaired) electrons. The third-order valence-electron chi connectivity index (χ3n) is 2.97. The number of rotatable bonds is 2. The maximum atomic E-state index is 4.73. The fourth-order valence-corrected chi connectivity index (χ4v) is 2.17. The molecule has 17 heavy (non-hydrogen) atoms. The molecule has 1 heterocycles. The molecule has 0 unspecified atom stereocenters. The highest BCUT2D eigenvalue weighted by molar-refractivity contribution is 5.87. The van der Waals surface area contributed by atoms with Crippen LogP contribution in [-0.4, -0.2) is 9.97 Å². The Morgan fingerprint density at radius 2 is 1.53 bits per heavy atom. The molecular formula is C15H14N2. The van der Waals surface area contributed by atoms with E-state index < -0.39 is 0 Å². The van der Waals surface area contributed by atoms with Crippen LogP contribution in [0, 0.1) is 0 Å². The van der Waals surface area contributed by atoms with Gasteiger partial charge in [0.05, 0.1) is 22.1 Å². The Labute approximate surface area is 100 Å². The zero-order valence-corrected chi connectivity index (χ0v) is 9.85. The standard InChI is InChI=1S/C15H14N2/c1-2-6-11-7-5-10-14-15(11)17-13-9-4-3-8-12(13)16-14/h3-5,7-10H,2,6H2,1H3. The Hall–Kier alpha value is -1.96. The second kappa shape index (κ2) is 4.13. The highest BCUT2D eigenvalue weighted by Crippen LogP contribution is 2.20. The number of aromatic nitrogens is 2. The van der Waals surface area contributed by atoms with Gasteiger partial charge in [-0.15, -0.1) is 0 Å². The minimum absolute atomic E-state index is 0.966. The lowest BCUT2D eigenvalue weighted by atomic mass is 10.1. The lowest BCUT2D eigenvalue weighted by Crippen LogP contribution is -1.92. The van der Waals surface area contributed by atoms with E-state index in [4.69, 9.17) is 4.98 Å². The molecule has 0 aliphatic rings. The number of hydrogen-bond acceptors (Lipinski definition) is 2. The minimum atomic E-state index is 0.966. The molecule has 0 fully saturated rings. The van der Waals surface area contributed by atoms with Gasteiger partial charge in [-0.05, 0) is 30.2 Å². The number of para-hydroxylation sites is 3. The molecule has 0 saturated carbocycles. The second-order valence-electron chi connectivity index (χ2n) is 4.25. The Bertz CT molecular complexity index is 674. The van der Waals surface area contributed by atoms with Crippen LogP contribution in [0.1, 0.15) is 18.9 Å². The molecule has 2 nitrogen and oxygen atoms in total. The third-order valence-corrected chi connectivity index (χ3v) is 2.97. The summed E-state index contributed by atoms with van der Waals surface area (Å²) in [6.45, 7) is 2.19. The van der Waals surface area contributed by atoms with Crippen LogP contribution in [0.25, 0.3) is 22.1 Å². The molecule has 3 rings (SSSR count). The van der Waals surface area contributed by atoms with E-state index >= 15 is 0 Å². The average molecular weight is 222 g/mol. The molecular weight excluding hydrogens is 208 g/mol. The van der Waals surface area contributed by atoms with E-state index in [9.17, 15) is 0 Å². The summed E-state index contributed by atoms with van der Waals surface area (Å²) >= 11 is 0. The lowest BCUT2D eigenvalue weighted by Gasteiger charge is -2.05. The van der Waals surface area contributed by atoms with Gasteiger partial charge >= 0.3 is 0 Å². The summed E-state index contributed by atoms with van der Waals surface area (Å²) < 4.78 is 0. The van der Waals surface area contributed by atoms with Crippen molar-refractivity contribution in [3.05, 3.63) is 48.0 Å². The first kappa shape index (κ1) is 10.2. The van der Waals surface area contributed by atoms with E-state index in [0.717, 1.165) is 34.9 Å². The monoisotopic (exact) mass is 222 g/mol. The largest absolute Gasteiger partial charge is 0.244 e. The van der Waals surface area contributed by atoms with Crippen LogP contribution in [0.5, 0.6) is 0 Å². The molecule has 0 N–H and O–H groups in total. The molecule has 2 aromatic carbocycles. The molecule has 0 amide bonds. The predicted octanol–water partition coefficient (Wildman–Crippen LogP) is 3.74. The van der Waals surface area contributed by atoms with Crippen LogP contribution < -0.4 is 0 Å². The number of fused-ring (bicyclic) bond motifs is 2. The zero-order valence-electron chi connectivity index (χ0n) is 9.85.